The average molecular weight is 278 g/mol. The first kappa shape index (κ1) is 11.1. The predicted molar refractivity (Wildman–Crippen MR) is 63.7 cm³/mol. The van der Waals surface area contributed by atoms with Crippen molar-refractivity contribution < 1.29 is 0 Å². The molecule has 0 spiro atoms. The van der Waals surface area contributed by atoms with Crippen molar-refractivity contribution in [3.63, 3.8) is 0 Å². The number of rotatable bonds is 3. The molecule has 2 aromatic heterocycles. The Kier molecular flexibility index (Phi) is 3.80. The topological polar surface area (TPSA) is 38.7 Å². The highest BCUT2D eigenvalue weighted by Gasteiger charge is 2.06. The minimum absolute atomic E-state index is 0.632. The molecule has 0 saturated carbocycles. The Morgan fingerprint density at radius 3 is 2.80 bits per heavy atom. The van der Waals surface area contributed by atoms with Crippen LogP contribution in [-0.4, -0.2) is 14.6 Å². The monoisotopic (exact) mass is 277 g/mol. The summed E-state index contributed by atoms with van der Waals surface area (Å²) in [7, 11) is 0. The van der Waals surface area contributed by atoms with Gasteiger partial charge in [0, 0.05) is 23.5 Å². The van der Waals surface area contributed by atoms with E-state index in [-0.39, 0.29) is 0 Å². The Morgan fingerprint density at radius 2 is 2.20 bits per heavy atom. The van der Waals surface area contributed by atoms with Crippen LogP contribution in [-0.2, 0) is 5.75 Å². The quantitative estimate of drug-likeness (QED) is 0.805. The minimum Gasteiger partial charge on any atom is -0.248 e. The van der Waals surface area contributed by atoms with E-state index in [0.717, 1.165) is 10.7 Å². The van der Waals surface area contributed by atoms with Crippen molar-refractivity contribution in [3.05, 3.63) is 33.4 Å². The van der Waals surface area contributed by atoms with Gasteiger partial charge in [0.25, 0.3) is 0 Å². The molecule has 0 saturated heterocycles. The zero-order valence-electron chi connectivity index (χ0n) is 7.35. The molecular weight excluding hydrogens is 273 g/mol. The summed E-state index contributed by atoms with van der Waals surface area (Å²) in [5.41, 5.74) is 0.795. The maximum atomic E-state index is 5.87. The molecule has 0 bridgehead atoms. The van der Waals surface area contributed by atoms with Gasteiger partial charge in [-0.2, -0.15) is 0 Å². The van der Waals surface area contributed by atoms with E-state index < -0.39 is 0 Å². The maximum Gasteiger partial charge on any atom is 0.138 e. The normalized spacial score (nSPS) is 10.5. The van der Waals surface area contributed by atoms with Crippen molar-refractivity contribution in [1.29, 1.82) is 0 Å². The molecule has 0 radical (unpaired) electrons. The third-order valence-electron chi connectivity index (χ3n) is 1.57. The van der Waals surface area contributed by atoms with Gasteiger partial charge in [-0.1, -0.05) is 39.5 Å². The van der Waals surface area contributed by atoms with Gasteiger partial charge in [0.05, 0.1) is 10.0 Å². The molecule has 2 heterocycles. The van der Waals surface area contributed by atoms with Crippen LogP contribution < -0.4 is 0 Å². The van der Waals surface area contributed by atoms with E-state index in [9.17, 15) is 0 Å². The van der Waals surface area contributed by atoms with E-state index in [4.69, 9.17) is 23.2 Å². The van der Waals surface area contributed by atoms with Gasteiger partial charge in [-0.15, -0.1) is 5.10 Å². The largest absolute Gasteiger partial charge is 0.248 e. The molecule has 3 nitrogen and oxygen atoms in total. The molecule has 15 heavy (non-hydrogen) atoms. The molecule has 0 amide bonds. The average Bonchev–Trinajstić information content (AvgIpc) is 2.63. The van der Waals surface area contributed by atoms with Gasteiger partial charge >= 0.3 is 0 Å². The van der Waals surface area contributed by atoms with Crippen molar-refractivity contribution in [2.45, 2.75) is 10.8 Å². The Bertz CT molecular complexity index is 443. The van der Waals surface area contributed by atoms with Crippen molar-refractivity contribution >= 4 is 46.5 Å². The van der Waals surface area contributed by atoms with Gasteiger partial charge in [0.1, 0.15) is 10.0 Å². The molecule has 0 fully saturated rings. The minimum atomic E-state index is 0.632. The molecule has 7 heteroatoms. The molecule has 0 aliphatic carbocycles. The second kappa shape index (κ2) is 5.12. The fraction of sp³-hybridized carbons (Fsp3) is 0.125. The third-order valence-corrected chi connectivity index (χ3v) is 3.73. The van der Waals surface area contributed by atoms with Crippen LogP contribution in [0.2, 0.25) is 9.36 Å². The second-order valence-electron chi connectivity index (χ2n) is 2.60. The van der Waals surface area contributed by atoms with Crippen molar-refractivity contribution in [3.8, 4) is 0 Å². The lowest BCUT2D eigenvalue weighted by Crippen LogP contribution is -1.84. The van der Waals surface area contributed by atoms with Crippen LogP contribution in [0.25, 0.3) is 0 Å². The smallest absolute Gasteiger partial charge is 0.138 e. The highest BCUT2D eigenvalue weighted by molar-refractivity contribution is 7.98. The number of thioether (sulfide) groups is 1. The zero-order valence-corrected chi connectivity index (χ0v) is 10.5. The lowest BCUT2D eigenvalue weighted by atomic mass is 10.5. The third kappa shape index (κ3) is 3.04. The lowest BCUT2D eigenvalue weighted by Gasteiger charge is -1.98. The molecule has 0 N–H and O–H groups in total. The van der Waals surface area contributed by atoms with Crippen LogP contribution in [0.15, 0.2) is 23.4 Å². The highest BCUT2D eigenvalue weighted by Crippen LogP contribution is 2.26. The van der Waals surface area contributed by atoms with Gasteiger partial charge in [-0.25, -0.2) is 4.98 Å². The summed E-state index contributed by atoms with van der Waals surface area (Å²) in [6, 6.07) is 3.67. The summed E-state index contributed by atoms with van der Waals surface area (Å²) in [4.78, 5) is 4.15. The van der Waals surface area contributed by atoms with Crippen molar-refractivity contribution in [2.75, 3.05) is 0 Å². The summed E-state index contributed by atoms with van der Waals surface area (Å²) in [5.74, 6) is 0.671. The van der Waals surface area contributed by atoms with Gasteiger partial charge in [0.15, 0.2) is 0 Å². The van der Waals surface area contributed by atoms with Gasteiger partial charge < -0.3 is 0 Å². The maximum absolute atomic E-state index is 5.87. The van der Waals surface area contributed by atoms with Crippen LogP contribution in [0.3, 0.4) is 0 Å². The summed E-state index contributed by atoms with van der Waals surface area (Å²) in [5, 5.41) is 5.43. The highest BCUT2D eigenvalue weighted by atomic mass is 35.5. The molecule has 0 aliphatic rings. The molecular formula is C8H5Cl2N3S2. The number of nitrogens with zero attached hydrogens (tertiary/aromatic N) is 3. The van der Waals surface area contributed by atoms with E-state index in [1.807, 2.05) is 6.07 Å². The Morgan fingerprint density at radius 1 is 1.33 bits per heavy atom. The Balaban J connectivity index is 1.99. The van der Waals surface area contributed by atoms with Crippen molar-refractivity contribution in [1.82, 2.24) is 14.6 Å². The van der Waals surface area contributed by atoms with E-state index >= 15 is 0 Å². The summed E-state index contributed by atoms with van der Waals surface area (Å²) in [6.07, 6.45) is 1.62. The van der Waals surface area contributed by atoms with Gasteiger partial charge in [-0.05, 0) is 12.1 Å². The first-order valence-electron chi connectivity index (χ1n) is 3.97. The summed E-state index contributed by atoms with van der Waals surface area (Å²) >= 11 is 14.3. The second-order valence-corrected chi connectivity index (χ2v) is 5.38. The van der Waals surface area contributed by atoms with Crippen LogP contribution >= 0.6 is 46.5 Å². The fourth-order valence-corrected chi connectivity index (χ4v) is 2.56. The van der Waals surface area contributed by atoms with Crippen LogP contribution in [0.5, 0.6) is 0 Å². The Labute approximate surface area is 105 Å². The molecule has 2 rings (SSSR count). The first-order valence-corrected chi connectivity index (χ1v) is 6.48. The van der Waals surface area contributed by atoms with Crippen LogP contribution in [0.4, 0.5) is 0 Å². The van der Waals surface area contributed by atoms with Gasteiger partial charge in [-0.3, -0.25) is 0 Å². The van der Waals surface area contributed by atoms with Gasteiger partial charge in [0.2, 0.25) is 0 Å². The Hall–Kier alpha value is -0.360. The van der Waals surface area contributed by atoms with E-state index in [1.165, 1.54) is 11.5 Å². The van der Waals surface area contributed by atoms with Crippen LogP contribution in [0, 0.1) is 0 Å². The van der Waals surface area contributed by atoms with E-state index in [0.29, 0.717) is 15.1 Å². The fourth-order valence-electron chi connectivity index (χ4n) is 0.873. The number of pyridine rings is 1. The first-order chi connectivity index (χ1) is 7.25. The van der Waals surface area contributed by atoms with E-state index in [1.54, 1.807) is 24.0 Å². The molecule has 2 aromatic rings. The molecule has 0 unspecified atom stereocenters. The standard InChI is InChI=1S/C8H5Cl2N3S2/c9-5-1-2-7(11-3-5)14-4-6-8(10)15-13-12-6/h1-3H,4H2. The summed E-state index contributed by atoms with van der Waals surface area (Å²) in [6.45, 7) is 0. The number of hydrogen-bond acceptors (Lipinski definition) is 5. The van der Waals surface area contributed by atoms with E-state index in [2.05, 4.69) is 14.6 Å². The zero-order chi connectivity index (χ0) is 10.7. The number of hydrogen-bond donors (Lipinski definition) is 0. The summed E-state index contributed by atoms with van der Waals surface area (Å²) < 4.78 is 4.39. The molecule has 0 aromatic carbocycles. The molecule has 78 valence electrons. The predicted octanol–water partition coefficient (Wildman–Crippen LogP) is 3.53. The lowest BCUT2D eigenvalue weighted by molar-refractivity contribution is 1.07. The molecule has 0 atom stereocenters. The molecule has 0 aliphatic heterocycles. The SMILES string of the molecule is Clc1ccc(SCc2nnsc2Cl)nc1. The van der Waals surface area contributed by atoms with Crippen LogP contribution in [0.1, 0.15) is 5.69 Å². The number of halogens is 2. The number of aromatic nitrogens is 3. The van der Waals surface area contributed by atoms with Crippen molar-refractivity contribution in [2.24, 2.45) is 0 Å².